The van der Waals surface area contributed by atoms with E-state index >= 15 is 0 Å². The van der Waals surface area contributed by atoms with Crippen LogP contribution in [0.2, 0.25) is 0 Å². The third-order valence-electron chi connectivity index (χ3n) is 3.07. The number of hydrogen-bond acceptors (Lipinski definition) is 4. The van der Waals surface area contributed by atoms with Crippen LogP contribution in [0.3, 0.4) is 0 Å². The van der Waals surface area contributed by atoms with Gasteiger partial charge in [-0.1, -0.05) is 25.5 Å². The Labute approximate surface area is 132 Å². The van der Waals surface area contributed by atoms with Gasteiger partial charge in [0.05, 0.1) is 12.7 Å². The van der Waals surface area contributed by atoms with Crippen LogP contribution in [0.4, 0.5) is 0 Å². The molecular weight excluding hydrogens is 302 g/mol. The number of hydrogen-bond donors (Lipinski definition) is 1. The third kappa shape index (κ3) is 6.43. The van der Waals surface area contributed by atoms with E-state index in [-0.39, 0.29) is 19.5 Å². The van der Waals surface area contributed by atoms with Crippen LogP contribution < -0.4 is 9.46 Å². The topological polar surface area (TPSA) is 82.4 Å². The summed E-state index contributed by atoms with van der Waals surface area (Å²) < 4.78 is 33.2. The molecule has 0 radical (unpaired) electrons. The molecule has 0 amide bonds. The average molecular weight is 325 g/mol. The van der Waals surface area contributed by atoms with Gasteiger partial charge in [-0.05, 0) is 24.1 Å². The highest BCUT2D eigenvalue weighted by molar-refractivity contribution is 7.87. The van der Waals surface area contributed by atoms with Crippen molar-refractivity contribution < 1.29 is 13.2 Å². The summed E-state index contributed by atoms with van der Waals surface area (Å²) in [4.78, 5) is 0. The molecule has 0 fully saturated rings. The summed E-state index contributed by atoms with van der Waals surface area (Å²) in [5.41, 5.74) is 0.825. The van der Waals surface area contributed by atoms with Crippen LogP contribution in [-0.2, 0) is 16.8 Å². The van der Waals surface area contributed by atoms with Gasteiger partial charge in [-0.3, -0.25) is 0 Å². The second kappa shape index (κ2) is 9.41. The molecule has 0 heterocycles. The molecule has 0 spiro atoms. The van der Waals surface area contributed by atoms with Crippen LogP contribution in [0.1, 0.15) is 31.7 Å². The number of nitrogens with zero attached hydrogens (tertiary/aromatic N) is 2. The van der Waals surface area contributed by atoms with E-state index in [1.165, 1.54) is 7.05 Å². The molecule has 0 atom stereocenters. The quantitative estimate of drug-likeness (QED) is 0.667. The minimum atomic E-state index is -3.57. The lowest BCUT2D eigenvalue weighted by Gasteiger charge is -2.16. The lowest BCUT2D eigenvalue weighted by atomic mass is 10.2. The number of rotatable bonds is 10. The van der Waals surface area contributed by atoms with Gasteiger partial charge in [0.15, 0.2) is 0 Å². The van der Waals surface area contributed by atoms with Crippen molar-refractivity contribution in [2.75, 3.05) is 20.2 Å². The standard InChI is InChI=1S/C15H23N3O3S/c1-3-4-11-21-15-8-5-7-14(12-15)13-17-22(19,20)18(2)10-6-9-16/h5,7-8,12,17H,3-4,6,10-11,13H2,1-2H3. The largest absolute Gasteiger partial charge is 0.494 e. The van der Waals surface area contributed by atoms with Gasteiger partial charge in [-0.25, -0.2) is 0 Å². The Morgan fingerprint density at radius 3 is 2.86 bits per heavy atom. The average Bonchev–Trinajstić information content (AvgIpc) is 2.51. The second-order valence-corrected chi connectivity index (χ2v) is 6.77. The van der Waals surface area contributed by atoms with Crippen LogP contribution in [-0.4, -0.2) is 32.9 Å². The molecule has 6 nitrogen and oxygen atoms in total. The zero-order valence-corrected chi connectivity index (χ0v) is 13.9. The lowest BCUT2D eigenvalue weighted by molar-refractivity contribution is 0.309. The van der Waals surface area contributed by atoms with Crippen molar-refractivity contribution in [3.63, 3.8) is 0 Å². The molecule has 1 aromatic rings. The second-order valence-electron chi connectivity index (χ2n) is 4.91. The van der Waals surface area contributed by atoms with E-state index in [4.69, 9.17) is 10.00 Å². The number of benzene rings is 1. The van der Waals surface area contributed by atoms with E-state index in [9.17, 15) is 8.42 Å². The molecule has 1 N–H and O–H groups in total. The van der Waals surface area contributed by atoms with Crippen LogP contribution in [0.15, 0.2) is 24.3 Å². The van der Waals surface area contributed by atoms with Crippen molar-refractivity contribution in [3.05, 3.63) is 29.8 Å². The predicted molar refractivity (Wildman–Crippen MR) is 85.5 cm³/mol. The summed E-state index contributed by atoms with van der Waals surface area (Å²) in [6.45, 7) is 3.11. The fourth-order valence-electron chi connectivity index (χ4n) is 1.69. The number of nitriles is 1. The van der Waals surface area contributed by atoms with Crippen molar-refractivity contribution in [1.82, 2.24) is 9.03 Å². The highest BCUT2D eigenvalue weighted by Gasteiger charge is 2.16. The fraction of sp³-hybridized carbons (Fsp3) is 0.533. The SMILES string of the molecule is CCCCOc1cccc(CNS(=O)(=O)N(C)CCC#N)c1. The first-order valence-electron chi connectivity index (χ1n) is 7.29. The van der Waals surface area contributed by atoms with E-state index in [2.05, 4.69) is 11.6 Å². The van der Waals surface area contributed by atoms with Crippen molar-refractivity contribution in [3.8, 4) is 11.8 Å². The number of unbranched alkanes of at least 4 members (excludes halogenated alkanes) is 1. The van der Waals surface area contributed by atoms with Crippen LogP contribution in [0, 0.1) is 11.3 Å². The number of nitrogens with one attached hydrogen (secondary N) is 1. The summed E-state index contributed by atoms with van der Waals surface area (Å²) in [6.07, 6.45) is 2.22. The Morgan fingerprint density at radius 2 is 2.18 bits per heavy atom. The molecule has 0 saturated carbocycles. The Balaban J connectivity index is 2.56. The monoisotopic (exact) mass is 325 g/mol. The minimum Gasteiger partial charge on any atom is -0.494 e. The molecule has 0 saturated heterocycles. The molecule has 0 bridgehead atoms. The van der Waals surface area contributed by atoms with E-state index in [1.54, 1.807) is 0 Å². The number of ether oxygens (including phenoxy) is 1. The van der Waals surface area contributed by atoms with Gasteiger partial charge in [0, 0.05) is 26.6 Å². The van der Waals surface area contributed by atoms with Crippen LogP contribution in [0.25, 0.3) is 0 Å². The summed E-state index contributed by atoms with van der Waals surface area (Å²) in [7, 11) is -2.12. The first kappa shape index (κ1) is 18.4. The molecule has 1 aromatic carbocycles. The molecule has 122 valence electrons. The van der Waals surface area contributed by atoms with Crippen molar-refractivity contribution in [1.29, 1.82) is 5.26 Å². The molecule has 22 heavy (non-hydrogen) atoms. The fourth-order valence-corrected chi connectivity index (χ4v) is 2.59. The summed E-state index contributed by atoms with van der Waals surface area (Å²) in [5, 5.41) is 8.50. The zero-order chi connectivity index (χ0) is 16.4. The smallest absolute Gasteiger partial charge is 0.279 e. The van der Waals surface area contributed by atoms with Crippen LogP contribution >= 0.6 is 0 Å². The molecule has 0 aromatic heterocycles. The maximum Gasteiger partial charge on any atom is 0.279 e. The molecule has 7 heteroatoms. The molecule has 0 aliphatic heterocycles. The maximum absolute atomic E-state index is 12.0. The van der Waals surface area contributed by atoms with Gasteiger partial charge >= 0.3 is 0 Å². The van der Waals surface area contributed by atoms with Crippen molar-refractivity contribution in [2.45, 2.75) is 32.7 Å². The molecular formula is C15H23N3O3S. The Hall–Kier alpha value is -1.62. The Kier molecular flexibility index (Phi) is 7.88. The first-order chi connectivity index (χ1) is 10.5. The van der Waals surface area contributed by atoms with E-state index in [1.807, 2.05) is 30.3 Å². The Bertz CT molecular complexity index is 596. The van der Waals surface area contributed by atoms with Gasteiger partial charge in [0.25, 0.3) is 10.2 Å². The van der Waals surface area contributed by atoms with Crippen molar-refractivity contribution >= 4 is 10.2 Å². The van der Waals surface area contributed by atoms with Crippen molar-refractivity contribution in [2.24, 2.45) is 0 Å². The van der Waals surface area contributed by atoms with E-state index in [0.29, 0.717) is 6.61 Å². The Morgan fingerprint density at radius 1 is 1.41 bits per heavy atom. The van der Waals surface area contributed by atoms with E-state index in [0.717, 1.165) is 28.5 Å². The molecule has 0 aliphatic rings. The lowest BCUT2D eigenvalue weighted by Crippen LogP contribution is -2.38. The summed E-state index contributed by atoms with van der Waals surface area (Å²) in [6, 6.07) is 9.28. The highest BCUT2D eigenvalue weighted by atomic mass is 32.2. The summed E-state index contributed by atoms with van der Waals surface area (Å²) >= 11 is 0. The third-order valence-corrected chi connectivity index (χ3v) is 4.58. The molecule has 1 rings (SSSR count). The minimum absolute atomic E-state index is 0.165. The maximum atomic E-state index is 12.0. The predicted octanol–water partition coefficient (Wildman–Crippen LogP) is 2.05. The highest BCUT2D eigenvalue weighted by Crippen LogP contribution is 2.14. The zero-order valence-electron chi connectivity index (χ0n) is 13.1. The summed E-state index contributed by atoms with van der Waals surface area (Å²) in [5.74, 6) is 0.739. The van der Waals surface area contributed by atoms with Gasteiger partial charge in [-0.15, -0.1) is 0 Å². The van der Waals surface area contributed by atoms with Gasteiger partial charge < -0.3 is 4.74 Å². The van der Waals surface area contributed by atoms with E-state index < -0.39 is 10.2 Å². The van der Waals surface area contributed by atoms with Crippen LogP contribution in [0.5, 0.6) is 5.75 Å². The van der Waals surface area contributed by atoms with Gasteiger partial charge in [0.2, 0.25) is 0 Å². The molecule has 0 aliphatic carbocycles. The first-order valence-corrected chi connectivity index (χ1v) is 8.73. The van der Waals surface area contributed by atoms with Gasteiger partial charge in [-0.2, -0.15) is 22.7 Å². The normalized spacial score (nSPS) is 11.4. The molecule has 0 unspecified atom stereocenters. The van der Waals surface area contributed by atoms with Gasteiger partial charge in [0.1, 0.15) is 5.75 Å².